The Labute approximate surface area is 107 Å². The first kappa shape index (κ1) is 11.2. The predicted molar refractivity (Wildman–Crippen MR) is 73.6 cm³/mol. The number of hydrogen-bond acceptors (Lipinski definition) is 1. The Morgan fingerprint density at radius 1 is 0.944 bits per heavy atom. The molecule has 0 unspecified atom stereocenters. The SMILES string of the molecule is CCC(=O)C1(C)c2ccccc2-c2ccccc21. The van der Waals surface area contributed by atoms with Gasteiger partial charge in [0.1, 0.15) is 5.78 Å². The van der Waals surface area contributed by atoms with Crippen molar-refractivity contribution in [2.24, 2.45) is 0 Å². The maximum atomic E-state index is 12.5. The summed E-state index contributed by atoms with van der Waals surface area (Å²) >= 11 is 0. The number of ketones is 1. The largest absolute Gasteiger partial charge is 0.298 e. The number of hydrogen-bond donors (Lipinski definition) is 0. The third-order valence-electron chi connectivity index (χ3n) is 4.10. The van der Waals surface area contributed by atoms with Gasteiger partial charge in [-0.2, -0.15) is 0 Å². The van der Waals surface area contributed by atoms with Gasteiger partial charge in [-0.15, -0.1) is 0 Å². The van der Waals surface area contributed by atoms with Gasteiger partial charge in [0.2, 0.25) is 0 Å². The summed E-state index contributed by atoms with van der Waals surface area (Å²) in [5.41, 5.74) is 4.24. The summed E-state index contributed by atoms with van der Waals surface area (Å²) in [7, 11) is 0. The van der Waals surface area contributed by atoms with Crippen LogP contribution >= 0.6 is 0 Å². The normalized spacial score (nSPS) is 15.0. The molecule has 1 aliphatic rings. The van der Waals surface area contributed by atoms with E-state index in [2.05, 4.69) is 31.2 Å². The van der Waals surface area contributed by atoms with Crippen molar-refractivity contribution in [3.05, 3.63) is 59.7 Å². The number of carbonyl (C=O) groups excluding carboxylic acids is 1. The van der Waals surface area contributed by atoms with Gasteiger partial charge in [0.25, 0.3) is 0 Å². The van der Waals surface area contributed by atoms with E-state index in [1.165, 1.54) is 11.1 Å². The molecule has 0 N–H and O–H groups in total. The van der Waals surface area contributed by atoms with E-state index >= 15 is 0 Å². The summed E-state index contributed by atoms with van der Waals surface area (Å²) in [6.45, 7) is 4.00. The molecule has 0 radical (unpaired) electrons. The van der Waals surface area contributed by atoms with E-state index in [9.17, 15) is 4.79 Å². The Bertz CT molecular complexity index is 580. The summed E-state index contributed by atoms with van der Waals surface area (Å²) < 4.78 is 0. The topological polar surface area (TPSA) is 17.1 Å². The highest BCUT2D eigenvalue weighted by Gasteiger charge is 2.43. The maximum absolute atomic E-state index is 12.5. The zero-order valence-corrected chi connectivity index (χ0v) is 10.7. The predicted octanol–water partition coefficient (Wildman–Crippen LogP) is 3.95. The number of benzene rings is 2. The molecule has 2 aromatic rings. The average molecular weight is 236 g/mol. The molecule has 1 aliphatic carbocycles. The highest BCUT2D eigenvalue weighted by Crippen LogP contribution is 2.49. The molecule has 0 aromatic heterocycles. The first-order valence-electron chi connectivity index (χ1n) is 6.42. The maximum Gasteiger partial charge on any atom is 0.147 e. The Morgan fingerprint density at radius 3 is 1.83 bits per heavy atom. The minimum Gasteiger partial charge on any atom is -0.298 e. The van der Waals surface area contributed by atoms with Gasteiger partial charge >= 0.3 is 0 Å². The van der Waals surface area contributed by atoms with Gasteiger partial charge in [0, 0.05) is 6.42 Å². The highest BCUT2D eigenvalue weighted by molar-refractivity contribution is 6.01. The first-order chi connectivity index (χ1) is 8.69. The molecule has 0 heterocycles. The smallest absolute Gasteiger partial charge is 0.147 e. The van der Waals surface area contributed by atoms with Crippen LogP contribution in [0.25, 0.3) is 11.1 Å². The highest BCUT2D eigenvalue weighted by atomic mass is 16.1. The Balaban J connectivity index is 2.37. The van der Waals surface area contributed by atoms with Gasteiger partial charge in [-0.1, -0.05) is 55.5 Å². The van der Waals surface area contributed by atoms with Gasteiger partial charge in [0.15, 0.2) is 0 Å². The summed E-state index contributed by atoms with van der Waals surface area (Å²) in [6.07, 6.45) is 0.569. The van der Waals surface area contributed by atoms with Crippen LogP contribution in [0.15, 0.2) is 48.5 Å². The Kier molecular flexibility index (Phi) is 2.37. The lowest BCUT2D eigenvalue weighted by Gasteiger charge is -2.25. The van der Waals surface area contributed by atoms with Crippen LogP contribution in [-0.4, -0.2) is 5.78 Å². The van der Waals surface area contributed by atoms with Crippen molar-refractivity contribution >= 4 is 5.78 Å². The van der Waals surface area contributed by atoms with Gasteiger partial charge in [0.05, 0.1) is 5.41 Å². The molecule has 0 bridgehead atoms. The summed E-state index contributed by atoms with van der Waals surface area (Å²) in [5, 5.41) is 0. The summed E-state index contributed by atoms with van der Waals surface area (Å²) in [5.74, 6) is 0.292. The van der Waals surface area contributed by atoms with Crippen molar-refractivity contribution in [3.8, 4) is 11.1 Å². The van der Waals surface area contributed by atoms with Crippen molar-refractivity contribution in [3.63, 3.8) is 0 Å². The van der Waals surface area contributed by atoms with E-state index in [0.29, 0.717) is 12.2 Å². The fourth-order valence-electron chi connectivity index (χ4n) is 3.11. The molecule has 0 fully saturated rings. The molecule has 0 saturated heterocycles. The quantitative estimate of drug-likeness (QED) is 0.771. The third-order valence-corrected chi connectivity index (χ3v) is 4.10. The van der Waals surface area contributed by atoms with Crippen LogP contribution in [0.4, 0.5) is 0 Å². The second-order valence-electron chi connectivity index (χ2n) is 4.99. The first-order valence-corrected chi connectivity index (χ1v) is 6.42. The molecule has 2 aromatic carbocycles. The average Bonchev–Trinajstić information content (AvgIpc) is 2.70. The van der Waals surface area contributed by atoms with Crippen molar-refractivity contribution in [1.29, 1.82) is 0 Å². The van der Waals surface area contributed by atoms with E-state index in [1.54, 1.807) is 0 Å². The van der Waals surface area contributed by atoms with Crippen LogP contribution in [0.3, 0.4) is 0 Å². The fourth-order valence-corrected chi connectivity index (χ4v) is 3.11. The molecule has 1 heteroatoms. The molecule has 0 saturated carbocycles. The van der Waals surface area contributed by atoms with Crippen LogP contribution in [0.2, 0.25) is 0 Å². The van der Waals surface area contributed by atoms with E-state index in [0.717, 1.165) is 11.1 Å². The molecule has 0 amide bonds. The van der Waals surface area contributed by atoms with E-state index < -0.39 is 5.41 Å². The van der Waals surface area contributed by atoms with Crippen molar-refractivity contribution < 1.29 is 4.79 Å². The number of fused-ring (bicyclic) bond motifs is 3. The number of rotatable bonds is 2. The lowest BCUT2D eigenvalue weighted by atomic mass is 9.75. The van der Waals surface area contributed by atoms with Gasteiger partial charge in [-0.05, 0) is 29.2 Å². The molecule has 0 aliphatic heterocycles. The molecular weight excluding hydrogens is 220 g/mol. The second-order valence-corrected chi connectivity index (χ2v) is 4.99. The monoisotopic (exact) mass is 236 g/mol. The fraction of sp³-hybridized carbons (Fsp3) is 0.235. The van der Waals surface area contributed by atoms with E-state index in [-0.39, 0.29) is 0 Å². The van der Waals surface area contributed by atoms with Gasteiger partial charge in [-0.25, -0.2) is 0 Å². The zero-order chi connectivity index (χ0) is 12.8. The molecule has 0 atom stereocenters. The minimum atomic E-state index is -0.470. The summed E-state index contributed by atoms with van der Waals surface area (Å²) in [6, 6.07) is 16.5. The molecule has 0 spiro atoms. The molecule has 18 heavy (non-hydrogen) atoms. The minimum absolute atomic E-state index is 0.292. The van der Waals surface area contributed by atoms with Crippen LogP contribution < -0.4 is 0 Å². The lowest BCUT2D eigenvalue weighted by molar-refractivity contribution is -0.122. The van der Waals surface area contributed by atoms with E-state index in [4.69, 9.17) is 0 Å². The second kappa shape index (κ2) is 3.81. The lowest BCUT2D eigenvalue weighted by Crippen LogP contribution is -2.31. The zero-order valence-electron chi connectivity index (χ0n) is 10.7. The van der Waals surface area contributed by atoms with Crippen molar-refractivity contribution in [1.82, 2.24) is 0 Å². The van der Waals surface area contributed by atoms with Crippen LogP contribution in [0.5, 0.6) is 0 Å². The number of carbonyl (C=O) groups is 1. The van der Waals surface area contributed by atoms with E-state index in [1.807, 2.05) is 31.2 Å². The van der Waals surface area contributed by atoms with Crippen LogP contribution in [-0.2, 0) is 10.2 Å². The van der Waals surface area contributed by atoms with Crippen molar-refractivity contribution in [2.45, 2.75) is 25.7 Å². The van der Waals surface area contributed by atoms with Gasteiger partial charge < -0.3 is 0 Å². The van der Waals surface area contributed by atoms with Crippen LogP contribution in [0, 0.1) is 0 Å². The Hall–Kier alpha value is -1.89. The third kappa shape index (κ3) is 1.25. The summed E-state index contributed by atoms with van der Waals surface area (Å²) in [4.78, 5) is 12.5. The van der Waals surface area contributed by atoms with Crippen LogP contribution in [0.1, 0.15) is 31.4 Å². The van der Waals surface area contributed by atoms with Crippen molar-refractivity contribution in [2.75, 3.05) is 0 Å². The number of Topliss-reactive ketones (excluding diaryl/α,β-unsaturated/α-hetero) is 1. The standard InChI is InChI=1S/C17H16O/c1-3-16(18)17(2)14-10-6-4-8-12(14)13-9-5-7-11-15(13)17/h4-11H,3H2,1-2H3. The van der Waals surface area contributed by atoms with Gasteiger partial charge in [-0.3, -0.25) is 4.79 Å². The molecule has 90 valence electrons. The Morgan fingerprint density at radius 2 is 1.39 bits per heavy atom. The molecule has 3 rings (SSSR count). The molecular formula is C17H16O. The molecule has 1 nitrogen and oxygen atoms in total.